The molecule has 0 radical (unpaired) electrons. The van der Waals surface area contributed by atoms with Crippen LogP contribution in [0.5, 0.6) is 0 Å². The molecule has 2 aromatic heterocycles. The average molecular weight is 262 g/mol. The molecule has 1 N–H and O–H groups in total. The molecule has 0 aliphatic rings. The Morgan fingerprint density at radius 2 is 2.11 bits per heavy atom. The Morgan fingerprint density at radius 3 is 2.83 bits per heavy atom. The summed E-state index contributed by atoms with van der Waals surface area (Å²) < 4.78 is 0. The summed E-state index contributed by atoms with van der Waals surface area (Å²) in [4.78, 5) is 20.1. The number of rotatable bonds is 2. The van der Waals surface area contributed by atoms with E-state index in [-0.39, 0.29) is 11.1 Å². The maximum absolute atomic E-state index is 12.0. The minimum atomic E-state index is -0.298. The number of hydrogen-bond acceptors (Lipinski definition) is 3. The van der Waals surface area contributed by atoms with Gasteiger partial charge in [0, 0.05) is 11.9 Å². The summed E-state index contributed by atoms with van der Waals surface area (Å²) in [5, 5.41) is 2.96. The topological polar surface area (TPSA) is 54.9 Å². The van der Waals surface area contributed by atoms with Gasteiger partial charge >= 0.3 is 0 Å². The maximum atomic E-state index is 12.0. The van der Waals surface area contributed by atoms with E-state index in [2.05, 4.69) is 15.3 Å². The van der Waals surface area contributed by atoms with E-state index in [9.17, 15) is 4.79 Å². The zero-order valence-electron chi connectivity index (χ0n) is 10.1. The van der Waals surface area contributed by atoms with Crippen molar-refractivity contribution in [3.8, 4) is 0 Å². The van der Waals surface area contributed by atoms with E-state index in [0.717, 1.165) is 11.3 Å². The molecule has 92 valence electrons. The van der Waals surface area contributed by atoms with E-state index in [0.29, 0.717) is 11.4 Å². The largest absolute Gasteiger partial charge is 0.318 e. The Morgan fingerprint density at radius 1 is 1.33 bits per heavy atom. The Balaban J connectivity index is 2.24. The van der Waals surface area contributed by atoms with Gasteiger partial charge in [-0.2, -0.15) is 0 Å². The predicted octanol–water partition coefficient (Wildman–Crippen LogP) is 3.00. The highest BCUT2D eigenvalue weighted by molar-refractivity contribution is 6.32. The number of nitrogens with zero attached hydrogens (tertiary/aromatic N) is 2. The predicted molar refractivity (Wildman–Crippen MR) is 70.9 cm³/mol. The van der Waals surface area contributed by atoms with Crippen LogP contribution < -0.4 is 5.32 Å². The summed E-state index contributed by atoms with van der Waals surface area (Å²) in [6.45, 7) is 3.71. The molecule has 5 heteroatoms. The van der Waals surface area contributed by atoms with E-state index in [4.69, 9.17) is 11.6 Å². The second kappa shape index (κ2) is 5.14. The van der Waals surface area contributed by atoms with Crippen LogP contribution in [0.3, 0.4) is 0 Å². The highest BCUT2D eigenvalue weighted by atomic mass is 35.5. The van der Waals surface area contributed by atoms with Crippen LogP contribution in [0, 0.1) is 13.8 Å². The lowest BCUT2D eigenvalue weighted by Crippen LogP contribution is -2.14. The number of carbonyl (C=O) groups excluding carboxylic acids is 1. The van der Waals surface area contributed by atoms with E-state index in [1.165, 1.54) is 0 Å². The highest BCUT2D eigenvalue weighted by Gasteiger charge is 2.10. The first kappa shape index (κ1) is 12.5. The number of anilines is 1. The molecule has 0 aliphatic heterocycles. The van der Waals surface area contributed by atoms with Crippen LogP contribution >= 0.6 is 11.6 Å². The van der Waals surface area contributed by atoms with E-state index in [1.807, 2.05) is 19.9 Å². The van der Waals surface area contributed by atoms with Gasteiger partial charge in [0.25, 0.3) is 5.91 Å². The number of aromatic nitrogens is 2. The summed E-state index contributed by atoms with van der Waals surface area (Å²) in [5.41, 5.74) is 2.56. The Kier molecular flexibility index (Phi) is 3.58. The van der Waals surface area contributed by atoms with Crippen LogP contribution in [0.15, 0.2) is 30.5 Å². The summed E-state index contributed by atoms with van der Waals surface area (Å²) >= 11 is 5.91. The van der Waals surface area contributed by atoms with Gasteiger partial charge in [0.15, 0.2) is 5.15 Å². The fourth-order valence-electron chi connectivity index (χ4n) is 1.50. The van der Waals surface area contributed by atoms with E-state index in [1.54, 1.807) is 24.4 Å². The monoisotopic (exact) mass is 261 g/mol. The molecule has 0 saturated heterocycles. The minimum absolute atomic E-state index is 0.265. The molecular weight excluding hydrogens is 250 g/mol. The van der Waals surface area contributed by atoms with Gasteiger partial charge in [-0.25, -0.2) is 9.97 Å². The maximum Gasteiger partial charge on any atom is 0.274 e. The molecule has 0 aliphatic carbocycles. The second-order valence-electron chi connectivity index (χ2n) is 3.97. The average Bonchev–Trinajstić information content (AvgIpc) is 2.34. The fraction of sp³-hybridized carbons (Fsp3) is 0.154. The van der Waals surface area contributed by atoms with Crippen molar-refractivity contribution in [2.75, 3.05) is 5.32 Å². The Hall–Kier alpha value is -1.94. The molecule has 0 bridgehead atoms. The molecule has 2 aromatic rings. The smallest absolute Gasteiger partial charge is 0.274 e. The number of pyridine rings is 2. The Labute approximate surface area is 110 Å². The van der Waals surface area contributed by atoms with Crippen molar-refractivity contribution in [2.45, 2.75) is 13.8 Å². The van der Waals surface area contributed by atoms with E-state index >= 15 is 0 Å². The molecule has 0 saturated carbocycles. The van der Waals surface area contributed by atoms with Crippen molar-refractivity contribution in [2.24, 2.45) is 0 Å². The molecule has 0 fully saturated rings. The van der Waals surface area contributed by atoms with Crippen molar-refractivity contribution in [1.82, 2.24) is 9.97 Å². The summed E-state index contributed by atoms with van der Waals surface area (Å²) in [6, 6.07) is 7.04. The molecule has 18 heavy (non-hydrogen) atoms. The third-order valence-corrected chi connectivity index (χ3v) is 2.65. The minimum Gasteiger partial charge on any atom is -0.318 e. The van der Waals surface area contributed by atoms with Crippen LogP contribution in [-0.4, -0.2) is 15.9 Å². The van der Waals surface area contributed by atoms with Crippen molar-refractivity contribution in [3.63, 3.8) is 0 Å². The summed E-state index contributed by atoms with van der Waals surface area (Å²) in [7, 11) is 0. The number of nitrogens with one attached hydrogen (secondary N) is 1. The third-order valence-electron chi connectivity index (χ3n) is 2.34. The van der Waals surface area contributed by atoms with Crippen LogP contribution in [0.25, 0.3) is 0 Å². The molecule has 2 heterocycles. The van der Waals surface area contributed by atoms with E-state index < -0.39 is 0 Å². The zero-order chi connectivity index (χ0) is 13.1. The van der Waals surface area contributed by atoms with Gasteiger partial charge in [0.2, 0.25) is 0 Å². The number of halogens is 1. The standard InChI is InChI=1S/C13H12ClN3O/c1-8-6-11(12(14)15-7-8)17-13(18)10-5-3-4-9(2)16-10/h3-7H,1-2H3,(H,17,18). The summed E-state index contributed by atoms with van der Waals surface area (Å²) in [6.07, 6.45) is 1.64. The molecular formula is C13H12ClN3O. The van der Waals surface area contributed by atoms with Gasteiger partial charge in [0.1, 0.15) is 5.69 Å². The third kappa shape index (κ3) is 2.84. The van der Waals surface area contributed by atoms with Crippen LogP contribution in [0.4, 0.5) is 5.69 Å². The van der Waals surface area contributed by atoms with Crippen LogP contribution in [-0.2, 0) is 0 Å². The van der Waals surface area contributed by atoms with Crippen molar-refractivity contribution in [1.29, 1.82) is 0 Å². The molecule has 2 rings (SSSR count). The van der Waals surface area contributed by atoms with Crippen molar-refractivity contribution >= 4 is 23.2 Å². The van der Waals surface area contributed by atoms with Crippen molar-refractivity contribution in [3.05, 3.63) is 52.6 Å². The van der Waals surface area contributed by atoms with Gasteiger partial charge in [-0.15, -0.1) is 0 Å². The van der Waals surface area contributed by atoms with Crippen LogP contribution in [0.1, 0.15) is 21.7 Å². The number of aryl methyl sites for hydroxylation is 2. The first-order chi connectivity index (χ1) is 8.56. The first-order valence-corrected chi connectivity index (χ1v) is 5.81. The molecule has 0 atom stereocenters. The van der Waals surface area contributed by atoms with Crippen LogP contribution in [0.2, 0.25) is 5.15 Å². The highest BCUT2D eigenvalue weighted by Crippen LogP contribution is 2.20. The number of carbonyl (C=O) groups is 1. The zero-order valence-corrected chi connectivity index (χ0v) is 10.8. The molecule has 0 aromatic carbocycles. The SMILES string of the molecule is Cc1cnc(Cl)c(NC(=O)c2cccc(C)n2)c1. The molecule has 4 nitrogen and oxygen atoms in total. The Bertz CT molecular complexity index is 599. The lowest BCUT2D eigenvalue weighted by Gasteiger charge is -2.07. The fourth-order valence-corrected chi connectivity index (χ4v) is 1.65. The van der Waals surface area contributed by atoms with Gasteiger partial charge in [-0.3, -0.25) is 4.79 Å². The number of amides is 1. The molecule has 0 spiro atoms. The lowest BCUT2D eigenvalue weighted by atomic mass is 10.2. The normalized spacial score (nSPS) is 10.2. The first-order valence-electron chi connectivity index (χ1n) is 5.43. The van der Waals surface area contributed by atoms with Gasteiger partial charge in [-0.05, 0) is 37.6 Å². The molecule has 1 amide bonds. The lowest BCUT2D eigenvalue weighted by molar-refractivity contribution is 0.102. The quantitative estimate of drug-likeness (QED) is 0.846. The number of hydrogen-bond donors (Lipinski definition) is 1. The summed E-state index contributed by atoms with van der Waals surface area (Å²) in [5.74, 6) is -0.298. The second-order valence-corrected chi connectivity index (χ2v) is 4.33. The van der Waals surface area contributed by atoms with Gasteiger partial charge < -0.3 is 5.32 Å². The van der Waals surface area contributed by atoms with Gasteiger partial charge in [0.05, 0.1) is 5.69 Å². The van der Waals surface area contributed by atoms with Crippen molar-refractivity contribution < 1.29 is 4.79 Å². The molecule has 0 unspecified atom stereocenters. The van der Waals surface area contributed by atoms with Gasteiger partial charge in [-0.1, -0.05) is 17.7 Å².